The van der Waals surface area contributed by atoms with Crippen LogP contribution in [0.3, 0.4) is 0 Å². The lowest BCUT2D eigenvalue weighted by atomic mass is 10.0. The number of carboxylic acid groups (broad SMARTS) is 1. The van der Waals surface area contributed by atoms with Gasteiger partial charge in [0.2, 0.25) is 0 Å². The number of carboxylic acids is 1. The molecule has 0 spiro atoms. The van der Waals surface area contributed by atoms with Gasteiger partial charge >= 0.3 is 5.97 Å². The molecule has 0 radical (unpaired) electrons. The second-order valence-corrected chi connectivity index (χ2v) is 4.05. The lowest BCUT2D eigenvalue weighted by Crippen LogP contribution is -2.11. The van der Waals surface area contributed by atoms with Crippen LogP contribution in [0.4, 0.5) is 0 Å². The first-order chi connectivity index (χ1) is 6.45. The van der Waals surface area contributed by atoms with Crippen LogP contribution in [-0.4, -0.2) is 16.2 Å². The van der Waals surface area contributed by atoms with Crippen molar-refractivity contribution >= 4 is 33.5 Å². The van der Waals surface area contributed by atoms with Crippen LogP contribution in [0.15, 0.2) is 16.6 Å². The Balaban J connectivity index is 3.24. The predicted octanol–water partition coefficient (Wildman–Crippen LogP) is 2.53. The Kier molecular flexibility index (Phi) is 3.53. The summed E-state index contributed by atoms with van der Waals surface area (Å²) in [5, 5.41) is 18.4. The first-order valence-corrected chi connectivity index (χ1v) is 4.97. The van der Waals surface area contributed by atoms with Gasteiger partial charge in [-0.15, -0.1) is 0 Å². The number of aliphatic carboxylic acids is 1. The van der Waals surface area contributed by atoms with E-state index < -0.39 is 12.1 Å². The van der Waals surface area contributed by atoms with Crippen molar-refractivity contribution in [3.8, 4) is 0 Å². The molecule has 0 aliphatic rings. The summed E-state index contributed by atoms with van der Waals surface area (Å²) < 4.78 is 0.679. The maximum Gasteiger partial charge on any atom is 0.337 e. The smallest absolute Gasteiger partial charge is 0.337 e. The third-order valence-corrected chi connectivity index (χ3v) is 3.29. The summed E-state index contributed by atoms with van der Waals surface area (Å²) in [4.78, 5) is 10.5. The van der Waals surface area contributed by atoms with Crippen molar-refractivity contribution in [2.45, 2.75) is 13.0 Å². The standard InChI is InChI=1S/C9H8BrClO3/c1-4-5(8(12)9(13)14)2-3-6(10)7(4)11/h2-3,8,12H,1H3,(H,13,14). The zero-order valence-electron chi connectivity index (χ0n) is 7.29. The molecule has 1 aromatic rings. The van der Waals surface area contributed by atoms with Crippen LogP contribution < -0.4 is 0 Å². The van der Waals surface area contributed by atoms with Gasteiger partial charge < -0.3 is 10.2 Å². The highest BCUT2D eigenvalue weighted by molar-refractivity contribution is 9.10. The molecule has 1 aromatic carbocycles. The normalized spacial score (nSPS) is 12.6. The van der Waals surface area contributed by atoms with Gasteiger partial charge in [-0.1, -0.05) is 17.7 Å². The van der Waals surface area contributed by atoms with Gasteiger partial charge in [0.05, 0.1) is 5.02 Å². The molecule has 0 aliphatic carbocycles. The number of rotatable bonds is 2. The van der Waals surface area contributed by atoms with E-state index in [4.69, 9.17) is 16.7 Å². The van der Waals surface area contributed by atoms with E-state index >= 15 is 0 Å². The Morgan fingerprint density at radius 1 is 1.57 bits per heavy atom. The lowest BCUT2D eigenvalue weighted by molar-refractivity contribution is -0.147. The first-order valence-electron chi connectivity index (χ1n) is 3.80. The molecule has 0 fully saturated rings. The number of carbonyl (C=O) groups is 1. The van der Waals surface area contributed by atoms with Crippen LogP contribution in [-0.2, 0) is 4.79 Å². The molecule has 76 valence electrons. The summed E-state index contributed by atoms with van der Waals surface area (Å²) in [7, 11) is 0. The van der Waals surface area contributed by atoms with E-state index in [9.17, 15) is 9.90 Å². The van der Waals surface area contributed by atoms with E-state index in [2.05, 4.69) is 15.9 Å². The fraction of sp³-hybridized carbons (Fsp3) is 0.222. The van der Waals surface area contributed by atoms with Crippen LogP contribution in [0.5, 0.6) is 0 Å². The second-order valence-electron chi connectivity index (χ2n) is 2.82. The minimum atomic E-state index is -1.53. The molecule has 1 unspecified atom stereocenters. The molecule has 0 bridgehead atoms. The largest absolute Gasteiger partial charge is 0.479 e. The van der Waals surface area contributed by atoms with Crippen LogP contribution in [0, 0.1) is 6.92 Å². The topological polar surface area (TPSA) is 57.5 Å². The number of aliphatic hydroxyl groups excluding tert-OH is 1. The highest BCUT2D eigenvalue weighted by atomic mass is 79.9. The van der Waals surface area contributed by atoms with E-state index in [1.807, 2.05) is 0 Å². The second kappa shape index (κ2) is 4.29. The minimum Gasteiger partial charge on any atom is -0.479 e. The van der Waals surface area contributed by atoms with Crippen LogP contribution in [0.25, 0.3) is 0 Å². The lowest BCUT2D eigenvalue weighted by Gasteiger charge is -2.11. The summed E-state index contributed by atoms with van der Waals surface area (Å²) in [6, 6.07) is 3.14. The SMILES string of the molecule is Cc1c(C(O)C(=O)O)ccc(Br)c1Cl. The van der Waals surface area contributed by atoms with Gasteiger partial charge in [-0.3, -0.25) is 0 Å². The number of hydrogen-bond acceptors (Lipinski definition) is 2. The van der Waals surface area contributed by atoms with E-state index in [0.29, 0.717) is 20.6 Å². The summed E-state index contributed by atoms with van der Waals surface area (Å²) in [6.07, 6.45) is -1.53. The number of benzene rings is 1. The van der Waals surface area contributed by atoms with Crippen molar-refractivity contribution in [2.75, 3.05) is 0 Å². The molecule has 1 atom stereocenters. The Bertz CT molecular complexity index is 379. The average Bonchev–Trinajstić information content (AvgIpc) is 2.13. The van der Waals surface area contributed by atoms with Gasteiger partial charge in [-0.2, -0.15) is 0 Å². The zero-order chi connectivity index (χ0) is 10.9. The molecule has 0 aromatic heterocycles. The van der Waals surface area contributed by atoms with Gasteiger partial charge in [-0.05, 0) is 40.0 Å². The van der Waals surface area contributed by atoms with E-state index in [-0.39, 0.29) is 0 Å². The minimum absolute atomic E-state index is 0.311. The quantitative estimate of drug-likeness (QED) is 0.874. The maximum absolute atomic E-state index is 10.5. The predicted molar refractivity (Wildman–Crippen MR) is 56.5 cm³/mol. The van der Waals surface area contributed by atoms with Gasteiger partial charge in [0.1, 0.15) is 0 Å². The average molecular weight is 280 g/mol. The molecular weight excluding hydrogens is 271 g/mol. The summed E-state index contributed by atoms with van der Waals surface area (Å²) in [5.41, 5.74) is 0.877. The van der Waals surface area contributed by atoms with E-state index in [1.54, 1.807) is 13.0 Å². The van der Waals surface area contributed by atoms with Gasteiger partial charge in [-0.25, -0.2) is 4.79 Å². The van der Waals surface area contributed by atoms with Crippen molar-refractivity contribution in [1.82, 2.24) is 0 Å². The molecular formula is C9H8BrClO3. The van der Waals surface area contributed by atoms with Crippen molar-refractivity contribution in [3.63, 3.8) is 0 Å². The van der Waals surface area contributed by atoms with Crippen molar-refractivity contribution in [2.24, 2.45) is 0 Å². The third-order valence-electron chi connectivity index (χ3n) is 1.91. The Hall–Kier alpha value is -0.580. The van der Waals surface area contributed by atoms with Crippen LogP contribution >= 0.6 is 27.5 Å². The highest BCUT2D eigenvalue weighted by Crippen LogP contribution is 2.31. The monoisotopic (exact) mass is 278 g/mol. The van der Waals surface area contributed by atoms with Crippen molar-refractivity contribution in [3.05, 3.63) is 32.8 Å². The summed E-state index contributed by atoms with van der Waals surface area (Å²) in [6.45, 7) is 1.66. The first kappa shape index (κ1) is 11.5. The Labute approximate surface area is 94.4 Å². The van der Waals surface area contributed by atoms with Gasteiger partial charge in [0.25, 0.3) is 0 Å². The molecule has 14 heavy (non-hydrogen) atoms. The maximum atomic E-state index is 10.5. The molecule has 0 saturated heterocycles. The van der Waals surface area contributed by atoms with Crippen molar-refractivity contribution in [1.29, 1.82) is 0 Å². The molecule has 1 rings (SSSR count). The molecule has 0 aliphatic heterocycles. The summed E-state index contributed by atoms with van der Waals surface area (Å²) in [5.74, 6) is -1.29. The van der Waals surface area contributed by atoms with E-state index in [1.165, 1.54) is 6.07 Å². The number of aliphatic hydroxyl groups is 1. The van der Waals surface area contributed by atoms with Crippen LogP contribution in [0.2, 0.25) is 5.02 Å². The number of halogens is 2. The molecule has 5 heteroatoms. The molecule has 2 N–H and O–H groups in total. The van der Waals surface area contributed by atoms with Crippen molar-refractivity contribution < 1.29 is 15.0 Å². The zero-order valence-corrected chi connectivity index (χ0v) is 9.63. The van der Waals surface area contributed by atoms with Gasteiger partial charge in [0.15, 0.2) is 6.10 Å². The highest BCUT2D eigenvalue weighted by Gasteiger charge is 2.19. The molecule has 0 saturated carbocycles. The molecule has 3 nitrogen and oxygen atoms in total. The molecule has 0 heterocycles. The fourth-order valence-electron chi connectivity index (χ4n) is 1.10. The Morgan fingerprint density at radius 2 is 2.14 bits per heavy atom. The van der Waals surface area contributed by atoms with E-state index in [0.717, 1.165) is 0 Å². The third kappa shape index (κ3) is 2.08. The molecule has 0 amide bonds. The Morgan fingerprint density at radius 3 is 2.64 bits per heavy atom. The van der Waals surface area contributed by atoms with Crippen LogP contribution in [0.1, 0.15) is 17.2 Å². The fourth-order valence-corrected chi connectivity index (χ4v) is 1.70. The summed E-state index contributed by atoms with van der Waals surface area (Å²) >= 11 is 9.09. The number of hydrogen-bond donors (Lipinski definition) is 2. The van der Waals surface area contributed by atoms with Gasteiger partial charge in [0, 0.05) is 4.47 Å².